The first-order chi connectivity index (χ1) is 9.15. The molecule has 3 rings (SSSR count). The van der Waals surface area contributed by atoms with Crippen LogP contribution in [0.3, 0.4) is 0 Å². The molecule has 0 aliphatic rings. The van der Waals surface area contributed by atoms with Crippen LogP contribution < -0.4 is 11.2 Å². The van der Waals surface area contributed by atoms with Gasteiger partial charge in [-0.1, -0.05) is 18.2 Å². The monoisotopic (exact) mass is 269 g/mol. The molecule has 0 unspecified atom stereocenters. The smallest absolute Gasteiger partial charge is 0.221 e. The van der Waals surface area contributed by atoms with E-state index in [-0.39, 0.29) is 17.8 Å². The molecule has 0 aliphatic heterocycles. The van der Waals surface area contributed by atoms with E-state index in [0.29, 0.717) is 5.39 Å². The number of benzene rings is 2. The van der Waals surface area contributed by atoms with Crippen molar-refractivity contribution >= 4 is 37.4 Å². The Morgan fingerprint density at radius 2 is 1.79 bits per heavy atom. The third kappa shape index (κ3) is 2.11. The van der Waals surface area contributed by atoms with Gasteiger partial charge in [0.05, 0.1) is 6.42 Å². The van der Waals surface area contributed by atoms with Crippen molar-refractivity contribution in [3.63, 3.8) is 0 Å². The normalized spacial score (nSPS) is 10.9. The van der Waals surface area contributed by atoms with Gasteiger partial charge in [-0.15, -0.1) is 11.3 Å². The molecule has 3 aromatic rings. The van der Waals surface area contributed by atoms with Crippen LogP contribution in [0.5, 0.6) is 0 Å². The maximum Gasteiger partial charge on any atom is 0.221 e. The van der Waals surface area contributed by atoms with Crippen molar-refractivity contribution in [2.45, 2.75) is 6.42 Å². The first-order valence-electron chi connectivity index (χ1n) is 5.88. The molecule has 1 aromatic heterocycles. The summed E-state index contributed by atoms with van der Waals surface area (Å²) in [5.41, 5.74) is 6.07. The number of nitrogens with two attached hydrogens (primary N) is 1. The van der Waals surface area contributed by atoms with Crippen molar-refractivity contribution in [2.75, 3.05) is 0 Å². The second kappa shape index (κ2) is 4.48. The van der Waals surface area contributed by atoms with E-state index in [2.05, 4.69) is 0 Å². The number of hydrogen-bond acceptors (Lipinski definition) is 3. The minimum Gasteiger partial charge on any atom is -0.369 e. The average molecular weight is 269 g/mol. The molecule has 0 saturated carbocycles. The number of hydrogen-bond donors (Lipinski definition) is 1. The van der Waals surface area contributed by atoms with Crippen molar-refractivity contribution in [3.8, 4) is 0 Å². The average Bonchev–Trinajstić information content (AvgIpc) is 2.38. The van der Waals surface area contributed by atoms with Crippen molar-refractivity contribution < 1.29 is 4.79 Å². The van der Waals surface area contributed by atoms with Crippen molar-refractivity contribution in [2.24, 2.45) is 5.73 Å². The first-order valence-corrected chi connectivity index (χ1v) is 6.69. The molecule has 2 N–H and O–H groups in total. The largest absolute Gasteiger partial charge is 0.369 e. The minimum atomic E-state index is -0.368. The highest BCUT2D eigenvalue weighted by molar-refractivity contribution is 7.24. The van der Waals surface area contributed by atoms with Gasteiger partial charge in [-0.05, 0) is 29.8 Å². The first kappa shape index (κ1) is 11.9. The van der Waals surface area contributed by atoms with Crippen LogP contribution in [0.25, 0.3) is 20.2 Å². The third-order valence-electron chi connectivity index (χ3n) is 3.02. The van der Waals surface area contributed by atoms with E-state index >= 15 is 0 Å². The van der Waals surface area contributed by atoms with Crippen molar-refractivity contribution in [3.05, 3.63) is 58.3 Å². The Labute approximate surface area is 113 Å². The van der Waals surface area contributed by atoms with E-state index in [0.717, 1.165) is 20.3 Å². The fraction of sp³-hybridized carbons (Fsp3) is 0.0667. The second-order valence-corrected chi connectivity index (χ2v) is 5.48. The number of fused-ring (bicyclic) bond motifs is 2. The molecule has 0 fully saturated rings. The summed E-state index contributed by atoms with van der Waals surface area (Å²) in [5, 5.41) is 1.43. The molecule has 4 heteroatoms. The Bertz CT molecular complexity index is 852. The lowest BCUT2D eigenvalue weighted by Gasteiger charge is -2.03. The molecular weight excluding hydrogens is 258 g/mol. The molecule has 0 radical (unpaired) electrons. The van der Waals surface area contributed by atoms with Gasteiger partial charge in [0.15, 0.2) is 5.43 Å². The molecule has 0 bridgehead atoms. The lowest BCUT2D eigenvalue weighted by molar-refractivity contribution is -0.117. The number of primary amides is 1. The van der Waals surface area contributed by atoms with E-state index in [1.165, 1.54) is 0 Å². The summed E-state index contributed by atoms with van der Waals surface area (Å²) in [5.74, 6) is -0.368. The maximum absolute atomic E-state index is 12.3. The quantitative estimate of drug-likeness (QED) is 0.726. The van der Waals surface area contributed by atoms with Gasteiger partial charge in [0.1, 0.15) is 0 Å². The SMILES string of the molecule is NC(=O)Cc1ccc2c(=O)c3ccccc3sc2c1. The van der Waals surface area contributed by atoms with Gasteiger partial charge >= 0.3 is 0 Å². The summed E-state index contributed by atoms with van der Waals surface area (Å²) in [6.07, 6.45) is 0.198. The van der Waals surface area contributed by atoms with Gasteiger partial charge in [-0.25, -0.2) is 0 Å². The van der Waals surface area contributed by atoms with Crippen LogP contribution in [0.15, 0.2) is 47.3 Å². The predicted octanol–water partition coefficient (Wildman–Crippen LogP) is 2.44. The lowest BCUT2D eigenvalue weighted by atomic mass is 10.1. The van der Waals surface area contributed by atoms with Crippen LogP contribution in [-0.2, 0) is 11.2 Å². The Kier molecular flexibility index (Phi) is 2.80. The minimum absolute atomic E-state index is 0.0370. The van der Waals surface area contributed by atoms with Gasteiger partial charge < -0.3 is 5.73 Å². The van der Waals surface area contributed by atoms with E-state index in [4.69, 9.17) is 5.73 Å². The molecule has 0 aliphatic carbocycles. The van der Waals surface area contributed by atoms with Crippen LogP contribution in [0, 0.1) is 0 Å². The third-order valence-corrected chi connectivity index (χ3v) is 4.15. The summed E-state index contributed by atoms with van der Waals surface area (Å²) < 4.78 is 1.85. The predicted molar refractivity (Wildman–Crippen MR) is 78.5 cm³/mol. The van der Waals surface area contributed by atoms with E-state index in [1.54, 1.807) is 23.5 Å². The molecule has 0 atom stereocenters. The zero-order valence-electron chi connectivity index (χ0n) is 10.1. The topological polar surface area (TPSA) is 60.2 Å². The molecule has 94 valence electrons. The summed E-state index contributed by atoms with van der Waals surface area (Å²) >= 11 is 1.55. The van der Waals surface area contributed by atoms with Crippen LogP contribution in [-0.4, -0.2) is 5.91 Å². The summed E-state index contributed by atoms with van der Waals surface area (Å²) in [7, 11) is 0. The van der Waals surface area contributed by atoms with Gasteiger partial charge in [-0.3, -0.25) is 9.59 Å². The molecular formula is C15H11NO2S. The van der Waals surface area contributed by atoms with Crippen LogP contribution in [0.1, 0.15) is 5.56 Å². The summed E-state index contributed by atoms with van der Waals surface area (Å²) in [6.45, 7) is 0. The molecule has 2 aromatic carbocycles. The number of rotatable bonds is 2. The molecule has 3 nitrogen and oxygen atoms in total. The molecule has 0 spiro atoms. The Balaban J connectivity index is 2.32. The van der Waals surface area contributed by atoms with E-state index < -0.39 is 0 Å². The van der Waals surface area contributed by atoms with Crippen LogP contribution in [0.2, 0.25) is 0 Å². The Morgan fingerprint density at radius 3 is 2.58 bits per heavy atom. The number of amides is 1. The molecule has 0 saturated heterocycles. The Morgan fingerprint density at radius 1 is 1.05 bits per heavy atom. The maximum atomic E-state index is 12.3. The van der Waals surface area contributed by atoms with Gasteiger partial charge in [-0.2, -0.15) is 0 Å². The number of carbonyl (C=O) groups is 1. The highest BCUT2D eigenvalue weighted by Gasteiger charge is 2.07. The van der Waals surface area contributed by atoms with Gasteiger partial charge in [0, 0.05) is 20.2 Å². The zero-order valence-corrected chi connectivity index (χ0v) is 10.9. The second-order valence-electron chi connectivity index (χ2n) is 4.40. The molecule has 1 heterocycles. The zero-order chi connectivity index (χ0) is 13.4. The van der Waals surface area contributed by atoms with Crippen molar-refractivity contribution in [1.29, 1.82) is 0 Å². The van der Waals surface area contributed by atoms with Gasteiger partial charge in [0.25, 0.3) is 0 Å². The van der Waals surface area contributed by atoms with Crippen molar-refractivity contribution in [1.82, 2.24) is 0 Å². The Hall–Kier alpha value is -2.20. The summed E-state index contributed by atoms with van der Waals surface area (Å²) in [4.78, 5) is 23.3. The molecule has 1 amide bonds. The number of carbonyl (C=O) groups excluding carboxylic acids is 1. The standard InChI is InChI=1S/C15H11NO2S/c16-14(17)8-9-5-6-11-13(7-9)19-12-4-2-1-3-10(12)15(11)18/h1-7H,8H2,(H2,16,17). The lowest BCUT2D eigenvalue weighted by Crippen LogP contribution is -2.13. The summed E-state index contributed by atoms with van der Waals surface area (Å²) in [6, 6.07) is 13.0. The molecule has 19 heavy (non-hydrogen) atoms. The van der Waals surface area contributed by atoms with E-state index in [9.17, 15) is 9.59 Å². The van der Waals surface area contributed by atoms with Crippen LogP contribution >= 0.6 is 11.3 Å². The van der Waals surface area contributed by atoms with E-state index in [1.807, 2.05) is 30.3 Å². The van der Waals surface area contributed by atoms with Gasteiger partial charge in [0.2, 0.25) is 5.91 Å². The van der Waals surface area contributed by atoms with Crippen LogP contribution in [0.4, 0.5) is 0 Å². The fourth-order valence-electron chi connectivity index (χ4n) is 2.16. The highest BCUT2D eigenvalue weighted by atomic mass is 32.1. The fourth-order valence-corrected chi connectivity index (χ4v) is 3.29. The highest BCUT2D eigenvalue weighted by Crippen LogP contribution is 2.25.